The third kappa shape index (κ3) is 54.1. The summed E-state index contributed by atoms with van der Waals surface area (Å²) < 4.78 is 17.3. The van der Waals surface area contributed by atoms with E-state index in [0.29, 0.717) is 25.9 Å². The van der Waals surface area contributed by atoms with Crippen LogP contribution in [0.25, 0.3) is 0 Å². The predicted octanol–water partition coefficient (Wildman–Crippen LogP) is 18.7. The Balaban J connectivity index is 4.49. The molecule has 0 aliphatic carbocycles. The minimum atomic E-state index is -0.602. The fourth-order valence-electron chi connectivity index (χ4n) is 6.64. The molecule has 0 spiro atoms. The van der Waals surface area contributed by atoms with E-state index >= 15 is 0 Å². The Morgan fingerprint density at radius 2 is 0.632 bits per heavy atom. The van der Waals surface area contributed by atoms with Crippen molar-refractivity contribution in [2.75, 3.05) is 19.8 Å². The van der Waals surface area contributed by atoms with Gasteiger partial charge in [-0.05, 0) is 135 Å². The second-order valence-electron chi connectivity index (χ2n) is 17.0. The van der Waals surface area contributed by atoms with Gasteiger partial charge in [0.05, 0.1) is 6.61 Å². The van der Waals surface area contributed by atoms with Crippen LogP contribution in [0.3, 0.4) is 0 Å². The lowest BCUT2D eigenvalue weighted by molar-refractivity contribution is -0.162. The van der Waals surface area contributed by atoms with E-state index in [9.17, 15) is 9.59 Å². The van der Waals surface area contributed by atoms with Gasteiger partial charge in [0.15, 0.2) is 6.10 Å². The van der Waals surface area contributed by atoms with Crippen LogP contribution in [0, 0.1) is 0 Å². The zero-order valence-electron chi connectivity index (χ0n) is 43.6. The summed E-state index contributed by atoms with van der Waals surface area (Å²) in [7, 11) is 0. The van der Waals surface area contributed by atoms with Gasteiger partial charge in [0.25, 0.3) is 0 Å². The molecule has 0 aliphatic heterocycles. The van der Waals surface area contributed by atoms with Crippen molar-refractivity contribution in [3.63, 3.8) is 0 Å². The highest BCUT2D eigenvalue weighted by molar-refractivity contribution is 5.70. The Hall–Kier alpha value is -4.48. The normalized spacial score (nSPS) is 13.5. The Bertz CT molecular complexity index is 1520. The summed E-state index contributed by atoms with van der Waals surface area (Å²) >= 11 is 0. The number of unbranched alkanes of at least 4 members (excludes halogenated alkanes) is 10. The molecule has 0 rings (SSSR count). The van der Waals surface area contributed by atoms with Crippen molar-refractivity contribution < 1.29 is 23.8 Å². The first-order valence-corrected chi connectivity index (χ1v) is 27.0. The van der Waals surface area contributed by atoms with Gasteiger partial charge in [0, 0.05) is 19.4 Å². The first-order valence-electron chi connectivity index (χ1n) is 27.0. The van der Waals surface area contributed by atoms with E-state index in [2.05, 4.69) is 179 Å². The first kappa shape index (κ1) is 63.5. The van der Waals surface area contributed by atoms with Crippen LogP contribution in [0.5, 0.6) is 0 Å². The van der Waals surface area contributed by atoms with E-state index in [1.165, 1.54) is 19.3 Å². The highest BCUT2D eigenvalue weighted by Gasteiger charge is 2.17. The van der Waals surface area contributed by atoms with Gasteiger partial charge in [0.1, 0.15) is 6.61 Å². The summed E-state index contributed by atoms with van der Waals surface area (Å²) in [6, 6.07) is 0. The summed E-state index contributed by atoms with van der Waals surface area (Å²) in [5, 5.41) is 0. The maximum absolute atomic E-state index is 12.8. The smallest absolute Gasteiger partial charge is 0.306 e. The van der Waals surface area contributed by atoms with Crippen molar-refractivity contribution >= 4 is 11.9 Å². The number of rotatable bonds is 47. The summed E-state index contributed by atoms with van der Waals surface area (Å²) in [4.78, 5) is 25.5. The zero-order valence-corrected chi connectivity index (χ0v) is 43.6. The van der Waals surface area contributed by atoms with Crippen molar-refractivity contribution in [1.29, 1.82) is 0 Å². The summed E-state index contributed by atoms with van der Waals surface area (Å²) in [6.07, 6.45) is 84.1. The molecule has 380 valence electrons. The van der Waals surface area contributed by atoms with E-state index in [1.807, 2.05) is 0 Å². The Labute approximate surface area is 418 Å². The molecule has 5 heteroatoms. The maximum atomic E-state index is 12.8. The summed E-state index contributed by atoms with van der Waals surface area (Å²) in [6.45, 7) is 7.31. The maximum Gasteiger partial charge on any atom is 0.306 e. The average Bonchev–Trinajstić information content (AvgIpc) is 3.34. The monoisotopic (exact) mass is 935 g/mol. The molecule has 0 saturated heterocycles. The van der Waals surface area contributed by atoms with Gasteiger partial charge >= 0.3 is 11.9 Å². The Kier molecular flexibility index (Phi) is 53.1. The van der Waals surface area contributed by atoms with Gasteiger partial charge in [-0.15, -0.1) is 0 Å². The summed E-state index contributed by atoms with van der Waals surface area (Å²) in [5.41, 5.74) is 0. The molecule has 0 aromatic carbocycles. The van der Waals surface area contributed by atoms with E-state index in [-0.39, 0.29) is 25.2 Å². The molecule has 0 aromatic heterocycles. The molecule has 68 heavy (non-hydrogen) atoms. The Morgan fingerprint density at radius 1 is 0.324 bits per heavy atom. The lowest BCUT2D eigenvalue weighted by Crippen LogP contribution is -2.30. The van der Waals surface area contributed by atoms with Crippen LogP contribution < -0.4 is 0 Å². The Morgan fingerprint density at radius 3 is 1.03 bits per heavy atom. The fraction of sp³-hybridized carbons (Fsp3) is 0.556. The van der Waals surface area contributed by atoms with Gasteiger partial charge < -0.3 is 14.2 Å². The zero-order chi connectivity index (χ0) is 49.2. The van der Waals surface area contributed by atoms with Gasteiger partial charge in [-0.3, -0.25) is 9.59 Å². The van der Waals surface area contributed by atoms with Gasteiger partial charge in [-0.2, -0.15) is 0 Å². The van der Waals surface area contributed by atoms with Gasteiger partial charge in [0.2, 0.25) is 0 Å². The number of carbonyl (C=O) groups excluding carboxylic acids is 2. The minimum Gasteiger partial charge on any atom is -0.462 e. The lowest BCUT2D eigenvalue weighted by atomic mass is 10.1. The van der Waals surface area contributed by atoms with Crippen molar-refractivity contribution in [3.05, 3.63) is 158 Å². The largest absolute Gasteiger partial charge is 0.462 e. The number of esters is 2. The quantitative estimate of drug-likeness (QED) is 0.0346. The topological polar surface area (TPSA) is 61.8 Å². The van der Waals surface area contributed by atoms with Crippen LogP contribution in [0.1, 0.15) is 201 Å². The minimum absolute atomic E-state index is 0.0302. The molecular weight excluding hydrogens is 837 g/mol. The second kappa shape index (κ2) is 56.8. The summed E-state index contributed by atoms with van der Waals surface area (Å²) in [5.74, 6) is -0.512. The van der Waals surface area contributed by atoms with Crippen LogP contribution in [-0.2, 0) is 23.8 Å². The number of allylic oxidation sites excluding steroid dienone is 26. The van der Waals surface area contributed by atoms with Crippen molar-refractivity contribution in [2.45, 2.75) is 207 Å². The molecule has 0 aliphatic rings. The van der Waals surface area contributed by atoms with Crippen molar-refractivity contribution in [2.24, 2.45) is 0 Å². The molecule has 0 N–H and O–H groups in total. The molecular formula is C63H98O5. The highest BCUT2D eigenvalue weighted by Crippen LogP contribution is 2.11. The van der Waals surface area contributed by atoms with Gasteiger partial charge in [-0.1, -0.05) is 211 Å². The molecule has 0 fully saturated rings. The third-order valence-corrected chi connectivity index (χ3v) is 10.5. The molecule has 0 bridgehead atoms. The van der Waals surface area contributed by atoms with E-state index in [1.54, 1.807) is 0 Å². The SMILES string of the molecule is CC/C=C\C/C=C\C/C=C\C/C=C\C/C=C\CCCC(=O)OC(COCCCCC/C=C\C/C=C\C/C=C\C/C=C\CC)COC(=O)CCCCCCCC/C=C\C/C=C\C/C=C\C/C=C\CC. The standard InChI is InChI=1S/C63H98O5/c1-4-7-10-13-16-19-22-25-28-31-32-34-35-38-41-44-47-50-53-56-62(64)67-60-61(59-66-58-55-52-49-46-43-40-37-30-27-24-21-18-15-12-9-6-3)68-63(65)57-54-51-48-45-42-39-36-33-29-26-23-20-17-14-11-8-5-2/h7-12,16-21,25-30,32,34,36,39-40,43,45,48,61H,4-6,13-15,22-24,31,33,35,37-38,41-42,44,46-47,49-60H2,1-3H3/b10-7-,11-8-,12-9-,19-16-,20-17-,21-18-,28-25-,29-26-,30-27-,34-32-,39-36-,43-40-,48-45-. The third-order valence-electron chi connectivity index (χ3n) is 10.5. The van der Waals surface area contributed by atoms with E-state index in [4.69, 9.17) is 14.2 Å². The molecule has 0 amide bonds. The van der Waals surface area contributed by atoms with Crippen molar-refractivity contribution in [3.8, 4) is 0 Å². The molecule has 0 radical (unpaired) electrons. The van der Waals surface area contributed by atoms with Crippen LogP contribution >= 0.6 is 0 Å². The number of carbonyl (C=O) groups is 2. The van der Waals surface area contributed by atoms with Crippen LogP contribution in [-0.4, -0.2) is 37.9 Å². The molecule has 5 nitrogen and oxygen atoms in total. The lowest BCUT2D eigenvalue weighted by Gasteiger charge is -2.18. The second-order valence-corrected chi connectivity index (χ2v) is 17.0. The average molecular weight is 935 g/mol. The molecule has 1 atom stereocenters. The van der Waals surface area contributed by atoms with Gasteiger partial charge in [-0.25, -0.2) is 0 Å². The van der Waals surface area contributed by atoms with E-state index < -0.39 is 6.10 Å². The number of hydrogen-bond acceptors (Lipinski definition) is 5. The first-order chi connectivity index (χ1) is 33.6. The van der Waals surface area contributed by atoms with Crippen LogP contribution in [0.4, 0.5) is 0 Å². The predicted molar refractivity (Wildman–Crippen MR) is 297 cm³/mol. The van der Waals surface area contributed by atoms with E-state index in [0.717, 1.165) is 141 Å². The van der Waals surface area contributed by atoms with Crippen LogP contribution in [0.2, 0.25) is 0 Å². The van der Waals surface area contributed by atoms with Crippen LogP contribution in [0.15, 0.2) is 158 Å². The molecule has 0 heterocycles. The fourth-order valence-corrected chi connectivity index (χ4v) is 6.64. The molecule has 1 unspecified atom stereocenters. The molecule has 0 aromatic rings. The number of hydrogen-bond donors (Lipinski definition) is 0. The number of ether oxygens (including phenoxy) is 3. The van der Waals surface area contributed by atoms with Crippen molar-refractivity contribution in [1.82, 2.24) is 0 Å². The highest BCUT2D eigenvalue weighted by atomic mass is 16.6. The molecule has 0 saturated carbocycles.